The molecule has 0 radical (unpaired) electrons. The summed E-state index contributed by atoms with van der Waals surface area (Å²) < 4.78 is 24.5. The van der Waals surface area contributed by atoms with Crippen LogP contribution in [-0.2, 0) is 9.84 Å². The number of hydrogen-bond donors (Lipinski definition) is 1. The molecule has 1 heterocycles. The Bertz CT molecular complexity index is 554. The van der Waals surface area contributed by atoms with Gasteiger partial charge in [-0.3, -0.25) is 0 Å². The molecule has 1 aliphatic heterocycles. The second-order valence-corrected chi connectivity index (χ2v) is 8.18. The summed E-state index contributed by atoms with van der Waals surface area (Å²) in [5.41, 5.74) is 6.17. The standard InChI is InChI=1S/C15H22N2O2S.2ClH/c16-15-12-6-7-13(15)11-17(10-12)8-9-20(18,19)14-4-2-1-3-5-14;;/h1-5,12-13,15H,6-11,16H2;2*1H/t12-,13+,15?;;. The Morgan fingerprint density at radius 1 is 1.05 bits per heavy atom. The highest BCUT2D eigenvalue weighted by atomic mass is 35.5. The van der Waals surface area contributed by atoms with Crippen LogP contribution in [0, 0.1) is 11.8 Å². The minimum Gasteiger partial charge on any atom is -0.327 e. The van der Waals surface area contributed by atoms with Crippen molar-refractivity contribution in [2.24, 2.45) is 17.6 Å². The minimum absolute atomic E-state index is 0. The van der Waals surface area contributed by atoms with Gasteiger partial charge in [-0.1, -0.05) is 18.2 Å². The van der Waals surface area contributed by atoms with Crippen LogP contribution in [0.3, 0.4) is 0 Å². The van der Waals surface area contributed by atoms with Gasteiger partial charge in [0.1, 0.15) is 0 Å². The molecule has 2 fully saturated rings. The lowest BCUT2D eigenvalue weighted by atomic mass is 9.93. The fourth-order valence-corrected chi connectivity index (χ4v) is 4.85. The molecule has 1 unspecified atom stereocenters. The normalized spacial score (nSPS) is 27.8. The molecule has 3 atom stereocenters. The Hall–Kier alpha value is -0.330. The second-order valence-electron chi connectivity index (χ2n) is 6.07. The predicted molar refractivity (Wildman–Crippen MR) is 93.6 cm³/mol. The number of rotatable bonds is 4. The van der Waals surface area contributed by atoms with Gasteiger partial charge in [0, 0.05) is 25.7 Å². The van der Waals surface area contributed by atoms with Crippen molar-refractivity contribution in [2.45, 2.75) is 23.8 Å². The van der Waals surface area contributed by atoms with Crippen LogP contribution in [0.25, 0.3) is 0 Å². The Labute approximate surface area is 145 Å². The van der Waals surface area contributed by atoms with Crippen molar-refractivity contribution in [3.8, 4) is 0 Å². The summed E-state index contributed by atoms with van der Waals surface area (Å²) in [5, 5.41) is 0. The number of sulfone groups is 1. The molecule has 0 amide bonds. The van der Waals surface area contributed by atoms with Crippen LogP contribution in [0.5, 0.6) is 0 Å². The number of likely N-dealkylation sites (tertiary alicyclic amines) is 1. The Kier molecular flexibility index (Phi) is 7.15. The first kappa shape index (κ1) is 19.7. The van der Waals surface area contributed by atoms with Gasteiger partial charge in [-0.15, -0.1) is 24.8 Å². The number of hydrogen-bond acceptors (Lipinski definition) is 4. The van der Waals surface area contributed by atoms with E-state index >= 15 is 0 Å². The van der Waals surface area contributed by atoms with E-state index in [0.29, 0.717) is 29.3 Å². The zero-order chi connectivity index (χ0) is 14.2. The van der Waals surface area contributed by atoms with Crippen LogP contribution in [-0.4, -0.2) is 44.7 Å². The number of benzene rings is 1. The predicted octanol–water partition coefficient (Wildman–Crippen LogP) is 1.97. The van der Waals surface area contributed by atoms with E-state index in [9.17, 15) is 8.42 Å². The summed E-state index contributed by atoms with van der Waals surface area (Å²) in [6.45, 7) is 2.54. The monoisotopic (exact) mass is 366 g/mol. The molecule has 1 aliphatic carbocycles. The Morgan fingerprint density at radius 3 is 2.14 bits per heavy atom. The number of nitrogens with zero attached hydrogens (tertiary/aromatic N) is 1. The summed E-state index contributed by atoms with van der Waals surface area (Å²) in [7, 11) is -3.16. The highest BCUT2D eigenvalue weighted by molar-refractivity contribution is 7.91. The smallest absolute Gasteiger partial charge is 0.179 e. The van der Waals surface area contributed by atoms with Gasteiger partial charge in [0.2, 0.25) is 0 Å². The number of nitrogens with two attached hydrogens (primary N) is 1. The van der Waals surface area contributed by atoms with Gasteiger partial charge in [0.25, 0.3) is 0 Å². The molecule has 1 aromatic carbocycles. The molecule has 22 heavy (non-hydrogen) atoms. The van der Waals surface area contributed by atoms with E-state index in [1.54, 1.807) is 24.3 Å². The van der Waals surface area contributed by atoms with Crippen LogP contribution < -0.4 is 5.73 Å². The molecule has 1 saturated heterocycles. The van der Waals surface area contributed by atoms with Crippen molar-refractivity contribution in [3.05, 3.63) is 30.3 Å². The van der Waals surface area contributed by atoms with Crippen LogP contribution in [0.4, 0.5) is 0 Å². The summed E-state index contributed by atoms with van der Waals surface area (Å²) >= 11 is 0. The lowest BCUT2D eigenvalue weighted by Crippen LogP contribution is -2.49. The molecule has 2 bridgehead atoms. The maximum Gasteiger partial charge on any atom is 0.179 e. The third-order valence-corrected chi connectivity index (χ3v) is 6.47. The molecule has 1 saturated carbocycles. The van der Waals surface area contributed by atoms with Crippen molar-refractivity contribution in [1.29, 1.82) is 0 Å². The first-order valence-corrected chi connectivity index (χ1v) is 8.97. The quantitative estimate of drug-likeness (QED) is 0.884. The molecular formula is C15H24Cl2N2O2S. The highest BCUT2D eigenvalue weighted by Crippen LogP contribution is 2.35. The summed E-state index contributed by atoms with van der Waals surface area (Å²) in [5.74, 6) is 1.33. The molecule has 0 spiro atoms. The van der Waals surface area contributed by atoms with Crippen LogP contribution in [0.15, 0.2) is 35.2 Å². The third-order valence-electron chi connectivity index (χ3n) is 4.76. The second kappa shape index (κ2) is 7.97. The van der Waals surface area contributed by atoms with E-state index in [1.165, 1.54) is 12.8 Å². The van der Waals surface area contributed by atoms with Crippen molar-refractivity contribution in [1.82, 2.24) is 4.90 Å². The van der Waals surface area contributed by atoms with Crippen LogP contribution >= 0.6 is 24.8 Å². The molecule has 1 aromatic rings. The van der Waals surface area contributed by atoms with Gasteiger partial charge in [-0.2, -0.15) is 0 Å². The van der Waals surface area contributed by atoms with Crippen molar-refractivity contribution in [3.63, 3.8) is 0 Å². The van der Waals surface area contributed by atoms with Crippen LogP contribution in [0.2, 0.25) is 0 Å². The zero-order valence-corrected chi connectivity index (χ0v) is 14.9. The molecule has 3 rings (SSSR count). The molecule has 126 valence electrons. The van der Waals surface area contributed by atoms with Gasteiger partial charge in [0.05, 0.1) is 10.6 Å². The van der Waals surface area contributed by atoms with E-state index in [1.807, 2.05) is 6.07 Å². The van der Waals surface area contributed by atoms with E-state index in [4.69, 9.17) is 5.73 Å². The van der Waals surface area contributed by atoms with Gasteiger partial charge in [-0.05, 0) is 36.8 Å². The van der Waals surface area contributed by atoms with E-state index in [-0.39, 0.29) is 30.6 Å². The van der Waals surface area contributed by atoms with Crippen molar-refractivity contribution >= 4 is 34.7 Å². The SMILES string of the molecule is Cl.Cl.NC1[C@@H]2CC[C@H]1CN(CCS(=O)(=O)c1ccccc1)C2. The first-order chi connectivity index (χ1) is 9.56. The number of fused-ring (bicyclic) bond motifs is 2. The van der Waals surface area contributed by atoms with Crippen LogP contribution in [0.1, 0.15) is 12.8 Å². The minimum atomic E-state index is -3.16. The maximum absolute atomic E-state index is 12.3. The molecule has 2 N–H and O–H groups in total. The fourth-order valence-electron chi connectivity index (χ4n) is 3.54. The maximum atomic E-state index is 12.3. The van der Waals surface area contributed by atoms with Gasteiger partial charge in [0.15, 0.2) is 9.84 Å². The van der Waals surface area contributed by atoms with Crippen molar-refractivity contribution in [2.75, 3.05) is 25.4 Å². The van der Waals surface area contributed by atoms with Gasteiger partial charge in [-0.25, -0.2) is 8.42 Å². The van der Waals surface area contributed by atoms with E-state index in [2.05, 4.69) is 4.90 Å². The molecular weight excluding hydrogens is 343 g/mol. The molecule has 7 heteroatoms. The third kappa shape index (κ3) is 4.15. The molecule has 0 aromatic heterocycles. The molecule has 4 nitrogen and oxygen atoms in total. The average molecular weight is 367 g/mol. The summed E-state index contributed by atoms with van der Waals surface area (Å²) in [6, 6.07) is 9.05. The lowest BCUT2D eigenvalue weighted by molar-refractivity contribution is 0.155. The van der Waals surface area contributed by atoms with E-state index < -0.39 is 9.84 Å². The fraction of sp³-hybridized carbons (Fsp3) is 0.600. The summed E-state index contributed by atoms with van der Waals surface area (Å²) in [4.78, 5) is 2.71. The Morgan fingerprint density at radius 2 is 1.59 bits per heavy atom. The molecule has 2 aliphatic rings. The topological polar surface area (TPSA) is 63.4 Å². The number of halogens is 2. The number of piperidine rings is 1. The van der Waals surface area contributed by atoms with Gasteiger partial charge < -0.3 is 10.6 Å². The summed E-state index contributed by atoms with van der Waals surface area (Å²) in [6.07, 6.45) is 2.40. The van der Waals surface area contributed by atoms with Gasteiger partial charge >= 0.3 is 0 Å². The zero-order valence-electron chi connectivity index (χ0n) is 12.4. The largest absolute Gasteiger partial charge is 0.327 e. The van der Waals surface area contributed by atoms with E-state index in [0.717, 1.165) is 13.1 Å². The lowest BCUT2D eigenvalue weighted by Gasteiger charge is -2.36. The first-order valence-electron chi connectivity index (χ1n) is 7.32. The van der Waals surface area contributed by atoms with Crippen molar-refractivity contribution < 1.29 is 8.42 Å². The average Bonchev–Trinajstić information content (AvgIpc) is 2.67. The highest BCUT2D eigenvalue weighted by Gasteiger charge is 2.39. The Balaban J connectivity index is 0.00000121.